The first-order chi connectivity index (χ1) is 8.31. The zero-order valence-electron chi connectivity index (χ0n) is 9.59. The van der Waals surface area contributed by atoms with Crippen molar-refractivity contribution >= 4 is 18.4 Å². The molecule has 0 spiro atoms. The molecule has 0 atom stereocenters. The van der Waals surface area contributed by atoms with Gasteiger partial charge in [0, 0.05) is 6.42 Å². The van der Waals surface area contributed by atoms with E-state index in [-0.39, 0.29) is 0 Å². The van der Waals surface area contributed by atoms with E-state index in [1.54, 1.807) is 17.2 Å². The smallest absolute Gasteiger partial charge is 0.216 e. The van der Waals surface area contributed by atoms with Gasteiger partial charge in [-0.2, -0.15) is 14.9 Å². The highest BCUT2D eigenvalue weighted by Gasteiger charge is 2.03. The Morgan fingerprint density at radius 2 is 2.53 bits per heavy atom. The maximum atomic E-state index is 5.17. The zero-order valence-corrected chi connectivity index (χ0v) is 10.4. The molecule has 0 saturated heterocycles. The van der Waals surface area contributed by atoms with Crippen molar-refractivity contribution in [2.45, 2.75) is 26.2 Å². The lowest BCUT2D eigenvalue weighted by Crippen LogP contribution is -1.98. The van der Waals surface area contributed by atoms with Crippen molar-refractivity contribution in [1.82, 2.24) is 14.9 Å². The zero-order chi connectivity index (χ0) is 12.1. The van der Waals surface area contributed by atoms with Crippen LogP contribution in [0.25, 0.3) is 0 Å². The molecule has 2 heterocycles. The van der Waals surface area contributed by atoms with Gasteiger partial charge >= 0.3 is 0 Å². The third kappa shape index (κ3) is 2.91. The number of rotatable bonds is 5. The minimum atomic E-state index is 0.499. The quantitative estimate of drug-likeness (QED) is 0.655. The van der Waals surface area contributed by atoms with Gasteiger partial charge in [0.25, 0.3) is 0 Å². The van der Waals surface area contributed by atoms with E-state index in [0.717, 1.165) is 25.1 Å². The average Bonchev–Trinajstić information content (AvgIpc) is 2.94. The van der Waals surface area contributed by atoms with E-state index in [1.165, 1.54) is 0 Å². The fourth-order valence-electron chi connectivity index (χ4n) is 1.42. The summed E-state index contributed by atoms with van der Waals surface area (Å²) in [7, 11) is 0. The third-order valence-corrected chi connectivity index (χ3v) is 2.58. The molecule has 0 aliphatic rings. The Kier molecular flexibility index (Phi) is 3.87. The van der Waals surface area contributed by atoms with Crippen LogP contribution in [0.15, 0.2) is 27.9 Å². The SMILES string of the molecule is CCCCc1n[nH]c(=S)n1/N=C\c1ccco1. The second-order valence-electron chi connectivity index (χ2n) is 3.62. The van der Waals surface area contributed by atoms with Gasteiger partial charge in [0.2, 0.25) is 4.77 Å². The fraction of sp³-hybridized carbons (Fsp3) is 0.364. The Morgan fingerprint density at radius 1 is 1.65 bits per heavy atom. The van der Waals surface area contributed by atoms with Crippen LogP contribution in [-0.4, -0.2) is 21.1 Å². The highest BCUT2D eigenvalue weighted by atomic mass is 32.1. The highest BCUT2D eigenvalue weighted by Crippen LogP contribution is 2.04. The van der Waals surface area contributed by atoms with Gasteiger partial charge in [0.1, 0.15) is 5.76 Å². The number of aromatic amines is 1. The molecule has 0 amide bonds. The van der Waals surface area contributed by atoms with Gasteiger partial charge in [-0.1, -0.05) is 13.3 Å². The van der Waals surface area contributed by atoms with Crippen LogP contribution in [0.1, 0.15) is 31.4 Å². The Hall–Kier alpha value is -1.69. The number of nitrogens with one attached hydrogen (secondary N) is 1. The van der Waals surface area contributed by atoms with E-state index >= 15 is 0 Å². The fourth-order valence-corrected chi connectivity index (χ4v) is 1.62. The molecule has 0 aromatic carbocycles. The molecule has 6 heteroatoms. The molecular formula is C11H14N4OS. The lowest BCUT2D eigenvalue weighted by Gasteiger charge is -1.98. The molecule has 17 heavy (non-hydrogen) atoms. The number of aryl methyl sites for hydroxylation is 1. The standard InChI is InChI=1S/C11H14N4OS/c1-2-3-6-10-13-14-11(17)15(10)12-8-9-5-4-7-16-9/h4-5,7-8H,2-3,6H2,1H3,(H,14,17)/b12-8-. The summed E-state index contributed by atoms with van der Waals surface area (Å²) in [5, 5.41) is 11.2. The van der Waals surface area contributed by atoms with E-state index < -0.39 is 0 Å². The Balaban J connectivity index is 2.19. The van der Waals surface area contributed by atoms with Gasteiger partial charge in [-0.05, 0) is 30.8 Å². The number of unbranched alkanes of at least 4 members (excludes halogenated alkanes) is 1. The van der Waals surface area contributed by atoms with Crippen molar-refractivity contribution in [2.75, 3.05) is 0 Å². The predicted molar refractivity (Wildman–Crippen MR) is 67.7 cm³/mol. The van der Waals surface area contributed by atoms with Crippen molar-refractivity contribution in [2.24, 2.45) is 5.10 Å². The van der Waals surface area contributed by atoms with E-state index in [2.05, 4.69) is 22.2 Å². The predicted octanol–water partition coefficient (Wildman–Crippen LogP) is 2.76. The Labute approximate surface area is 104 Å². The van der Waals surface area contributed by atoms with Crippen LogP contribution in [0, 0.1) is 4.77 Å². The minimum Gasteiger partial charge on any atom is -0.463 e. The molecule has 0 unspecified atom stereocenters. The summed E-state index contributed by atoms with van der Waals surface area (Å²) < 4.78 is 7.30. The number of aromatic nitrogens is 3. The molecule has 2 aromatic heterocycles. The van der Waals surface area contributed by atoms with E-state index in [9.17, 15) is 0 Å². The number of hydrogen-bond donors (Lipinski definition) is 1. The first-order valence-corrected chi connectivity index (χ1v) is 5.96. The average molecular weight is 250 g/mol. The first-order valence-electron chi connectivity index (χ1n) is 5.55. The summed E-state index contributed by atoms with van der Waals surface area (Å²) in [5.41, 5.74) is 0. The van der Waals surface area contributed by atoms with Crippen molar-refractivity contribution in [3.05, 3.63) is 34.8 Å². The molecule has 5 nitrogen and oxygen atoms in total. The normalized spacial score (nSPS) is 11.4. The molecule has 2 rings (SSSR count). The maximum Gasteiger partial charge on any atom is 0.216 e. The molecule has 0 aliphatic carbocycles. The molecule has 0 fully saturated rings. The minimum absolute atomic E-state index is 0.499. The van der Waals surface area contributed by atoms with Crippen molar-refractivity contribution in [3.63, 3.8) is 0 Å². The van der Waals surface area contributed by atoms with Crippen LogP contribution < -0.4 is 0 Å². The second-order valence-corrected chi connectivity index (χ2v) is 4.01. The van der Waals surface area contributed by atoms with E-state index in [1.807, 2.05) is 12.1 Å². The molecule has 0 radical (unpaired) electrons. The van der Waals surface area contributed by atoms with Crippen LogP contribution in [0.4, 0.5) is 0 Å². The number of nitrogens with zero attached hydrogens (tertiary/aromatic N) is 3. The van der Waals surface area contributed by atoms with Gasteiger partial charge in [-0.25, -0.2) is 0 Å². The molecule has 1 N–H and O–H groups in total. The van der Waals surface area contributed by atoms with Gasteiger partial charge in [0.15, 0.2) is 5.82 Å². The summed E-state index contributed by atoms with van der Waals surface area (Å²) in [5.74, 6) is 1.54. The number of H-pyrrole nitrogens is 1. The lowest BCUT2D eigenvalue weighted by molar-refractivity contribution is 0.559. The first kappa shape index (κ1) is 11.8. The molecule has 0 bridgehead atoms. The van der Waals surface area contributed by atoms with Crippen molar-refractivity contribution < 1.29 is 4.42 Å². The summed E-state index contributed by atoms with van der Waals surface area (Å²) in [6.45, 7) is 2.14. The summed E-state index contributed by atoms with van der Waals surface area (Å²) >= 11 is 5.12. The van der Waals surface area contributed by atoms with Crippen LogP contribution in [-0.2, 0) is 6.42 Å². The number of furan rings is 1. The molecule has 0 saturated carbocycles. The van der Waals surface area contributed by atoms with Crippen LogP contribution in [0.2, 0.25) is 0 Å². The monoisotopic (exact) mass is 250 g/mol. The number of hydrogen-bond acceptors (Lipinski definition) is 4. The molecule has 90 valence electrons. The van der Waals surface area contributed by atoms with Crippen LogP contribution in [0.3, 0.4) is 0 Å². The molecule has 0 aliphatic heterocycles. The molecule has 2 aromatic rings. The summed E-state index contributed by atoms with van der Waals surface area (Å²) in [6, 6.07) is 3.65. The largest absolute Gasteiger partial charge is 0.463 e. The van der Waals surface area contributed by atoms with Gasteiger partial charge in [-0.15, -0.1) is 0 Å². The molecular weight excluding hydrogens is 236 g/mol. The van der Waals surface area contributed by atoms with Crippen molar-refractivity contribution in [3.8, 4) is 0 Å². The van der Waals surface area contributed by atoms with E-state index in [0.29, 0.717) is 10.5 Å². The third-order valence-electron chi connectivity index (χ3n) is 2.32. The van der Waals surface area contributed by atoms with Crippen molar-refractivity contribution in [1.29, 1.82) is 0 Å². The summed E-state index contributed by atoms with van der Waals surface area (Å²) in [6.07, 6.45) is 6.27. The van der Waals surface area contributed by atoms with Crippen LogP contribution in [0.5, 0.6) is 0 Å². The second kappa shape index (κ2) is 5.58. The van der Waals surface area contributed by atoms with Gasteiger partial charge < -0.3 is 4.42 Å². The summed E-state index contributed by atoms with van der Waals surface area (Å²) in [4.78, 5) is 0. The van der Waals surface area contributed by atoms with Gasteiger partial charge in [0.05, 0.1) is 12.5 Å². The van der Waals surface area contributed by atoms with Crippen LogP contribution >= 0.6 is 12.2 Å². The highest BCUT2D eigenvalue weighted by molar-refractivity contribution is 7.71. The Morgan fingerprint density at radius 3 is 3.24 bits per heavy atom. The van der Waals surface area contributed by atoms with Gasteiger partial charge in [-0.3, -0.25) is 5.10 Å². The topological polar surface area (TPSA) is 59.1 Å². The maximum absolute atomic E-state index is 5.17. The van der Waals surface area contributed by atoms with E-state index in [4.69, 9.17) is 16.6 Å². The lowest BCUT2D eigenvalue weighted by atomic mass is 10.2. The Bertz CT molecular complexity index is 538.